The van der Waals surface area contributed by atoms with E-state index in [4.69, 9.17) is 16.3 Å². The lowest BCUT2D eigenvalue weighted by Crippen LogP contribution is -2.03. The molecule has 1 aromatic carbocycles. The molecule has 0 radical (unpaired) electrons. The third-order valence-electron chi connectivity index (χ3n) is 2.36. The van der Waals surface area contributed by atoms with Crippen LogP contribution in [-0.4, -0.2) is 15.9 Å². The lowest BCUT2D eigenvalue weighted by Gasteiger charge is -2.01. The Morgan fingerprint density at radius 3 is 2.86 bits per heavy atom. The average Bonchev–Trinajstić information content (AvgIpc) is 2.82. The summed E-state index contributed by atoms with van der Waals surface area (Å²) in [4.78, 5) is 25.8. The number of hydrogen-bond acceptors (Lipinski definition) is 6. The van der Waals surface area contributed by atoms with E-state index < -0.39 is 10.9 Å². The molecule has 21 heavy (non-hydrogen) atoms. The van der Waals surface area contributed by atoms with Crippen LogP contribution in [0, 0.1) is 17.0 Å². The van der Waals surface area contributed by atoms with Crippen LogP contribution in [0.1, 0.15) is 10.7 Å². The third kappa shape index (κ3) is 4.11. The van der Waals surface area contributed by atoms with Crippen molar-refractivity contribution in [3.63, 3.8) is 0 Å². The highest BCUT2D eigenvalue weighted by Gasteiger charge is 2.13. The molecule has 108 valence electrons. The molecular formula is C13H9ClN2O4S. The first-order valence-electron chi connectivity index (χ1n) is 5.71. The largest absolute Gasteiger partial charge is 0.423 e. The van der Waals surface area contributed by atoms with Crippen LogP contribution in [0.15, 0.2) is 29.7 Å². The fourth-order valence-electron chi connectivity index (χ4n) is 1.46. The van der Waals surface area contributed by atoms with Gasteiger partial charge in [-0.1, -0.05) is 11.6 Å². The molecule has 0 saturated heterocycles. The SMILES string of the molecule is Cc1nc(/C=C/C(=O)Oc2ccc([N+](=O)[O-])c(Cl)c2)cs1. The van der Waals surface area contributed by atoms with E-state index in [2.05, 4.69) is 4.98 Å². The number of halogens is 1. The zero-order valence-corrected chi connectivity index (χ0v) is 12.4. The van der Waals surface area contributed by atoms with E-state index in [-0.39, 0.29) is 16.5 Å². The van der Waals surface area contributed by atoms with Crippen molar-refractivity contribution in [3.8, 4) is 5.75 Å². The van der Waals surface area contributed by atoms with Crippen molar-refractivity contribution >= 4 is 40.7 Å². The molecule has 0 fully saturated rings. The summed E-state index contributed by atoms with van der Waals surface area (Å²) in [5.41, 5.74) is 0.418. The molecule has 2 aromatic rings. The van der Waals surface area contributed by atoms with Crippen molar-refractivity contribution in [2.75, 3.05) is 0 Å². The smallest absolute Gasteiger partial charge is 0.336 e. The van der Waals surface area contributed by atoms with E-state index in [1.807, 2.05) is 12.3 Å². The van der Waals surface area contributed by atoms with E-state index in [9.17, 15) is 14.9 Å². The molecule has 0 spiro atoms. The summed E-state index contributed by atoms with van der Waals surface area (Å²) in [6.07, 6.45) is 2.75. The number of carbonyl (C=O) groups is 1. The third-order valence-corrected chi connectivity index (χ3v) is 3.46. The second kappa shape index (κ2) is 6.47. The van der Waals surface area contributed by atoms with Gasteiger partial charge in [-0.25, -0.2) is 9.78 Å². The molecule has 0 N–H and O–H groups in total. The van der Waals surface area contributed by atoms with Crippen LogP contribution in [-0.2, 0) is 4.79 Å². The Kier molecular flexibility index (Phi) is 4.66. The standard InChI is InChI=1S/C13H9ClN2O4S/c1-8-15-9(7-21-8)2-5-13(17)20-10-3-4-12(16(18)19)11(14)6-10/h2-7H,1H3/b5-2+. The molecule has 2 rings (SSSR count). The number of carbonyl (C=O) groups excluding carboxylic acids is 1. The second-order valence-corrected chi connectivity index (χ2v) is 5.39. The molecule has 0 unspecified atom stereocenters. The zero-order chi connectivity index (χ0) is 15.4. The fourth-order valence-corrected chi connectivity index (χ4v) is 2.28. The number of aryl methyl sites for hydroxylation is 1. The first kappa shape index (κ1) is 15.1. The molecule has 0 atom stereocenters. The molecule has 0 aliphatic heterocycles. The maximum Gasteiger partial charge on any atom is 0.336 e. The van der Waals surface area contributed by atoms with Gasteiger partial charge in [-0.3, -0.25) is 10.1 Å². The second-order valence-electron chi connectivity index (χ2n) is 3.92. The Balaban J connectivity index is 2.04. The number of ether oxygens (including phenoxy) is 1. The monoisotopic (exact) mass is 324 g/mol. The van der Waals surface area contributed by atoms with E-state index in [1.54, 1.807) is 0 Å². The van der Waals surface area contributed by atoms with Gasteiger partial charge in [0, 0.05) is 23.6 Å². The van der Waals surface area contributed by atoms with Gasteiger partial charge in [0.2, 0.25) is 0 Å². The normalized spacial score (nSPS) is 10.8. The minimum Gasteiger partial charge on any atom is -0.423 e. The number of hydrogen-bond donors (Lipinski definition) is 0. The summed E-state index contributed by atoms with van der Waals surface area (Å²) in [5.74, 6) is -0.486. The van der Waals surface area contributed by atoms with Gasteiger partial charge in [-0.2, -0.15) is 0 Å². The molecule has 6 nitrogen and oxygen atoms in total. The lowest BCUT2D eigenvalue weighted by molar-refractivity contribution is -0.384. The Morgan fingerprint density at radius 1 is 1.52 bits per heavy atom. The van der Waals surface area contributed by atoms with Crippen LogP contribution in [0.3, 0.4) is 0 Å². The number of esters is 1. The number of nitro groups is 1. The molecule has 8 heteroatoms. The summed E-state index contributed by atoms with van der Waals surface area (Å²) in [5, 5.41) is 13.2. The molecule has 0 saturated carbocycles. The Morgan fingerprint density at radius 2 is 2.29 bits per heavy atom. The van der Waals surface area contributed by atoms with E-state index in [0.29, 0.717) is 5.69 Å². The van der Waals surface area contributed by atoms with Gasteiger partial charge in [-0.15, -0.1) is 11.3 Å². The number of nitrogens with zero attached hydrogens (tertiary/aromatic N) is 2. The van der Waals surface area contributed by atoms with Crippen molar-refractivity contribution in [2.24, 2.45) is 0 Å². The molecule has 0 aliphatic rings. The van der Waals surface area contributed by atoms with Crippen molar-refractivity contribution in [3.05, 3.63) is 55.5 Å². The van der Waals surface area contributed by atoms with Crippen molar-refractivity contribution < 1.29 is 14.5 Å². The minimum atomic E-state index is -0.620. The van der Waals surface area contributed by atoms with E-state index in [1.165, 1.54) is 41.7 Å². The molecule has 1 aromatic heterocycles. The Bertz CT molecular complexity index is 727. The molecular weight excluding hydrogens is 316 g/mol. The summed E-state index contributed by atoms with van der Waals surface area (Å²) < 4.78 is 5.00. The lowest BCUT2D eigenvalue weighted by atomic mass is 10.3. The highest BCUT2D eigenvalue weighted by Crippen LogP contribution is 2.28. The number of nitro benzene ring substituents is 1. The predicted octanol–water partition coefficient (Wildman–Crippen LogP) is 3.63. The Labute approximate surface area is 128 Å². The van der Waals surface area contributed by atoms with Gasteiger partial charge in [0.1, 0.15) is 10.8 Å². The highest BCUT2D eigenvalue weighted by atomic mass is 35.5. The first-order chi connectivity index (χ1) is 9.95. The van der Waals surface area contributed by atoms with E-state index >= 15 is 0 Å². The predicted molar refractivity (Wildman–Crippen MR) is 79.6 cm³/mol. The van der Waals surface area contributed by atoms with Gasteiger partial charge >= 0.3 is 5.97 Å². The van der Waals surface area contributed by atoms with Crippen LogP contribution in [0.5, 0.6) is 5.75 Å². The van der Waals surface area contributed by atoms with Crippen molar-refractivity contribution in [1.82, 2.24) is 4.98 Å². The van der Waals surface area contributed by atoms with Gasteiger partial charge in [0.25, 0.3) is 5.69 Å². The van der Waals surface area contributed by atoms with Crippen LogP contribution in [0.4, 0.5) is 5.69 Å². The van der Waals surface area contributed by atoms with Crippen LogP contribution < -0.4 is 4.74 Å². The van der Waals surface area contributed by atoms with Crippen molar-refractivity contribution in [1.29, 1.82) is 0 Å². The quantitative estimate of drug-likeness (QED) is 0.282. The minimum absolute atomic E-state index is 0.0931. The summed E-state index contributed by atoms with van der Waals surface area (Å²) in [7, 11) is 0. The van der Waals surface area contributed by atoms with Gasteiger partial charge < -0.3 is 4.74 Å². The molecule has 1 heterocycles. The van der Waals surface area contributed by atoms with Crippen LogP contribution in [0.2, 0.25) is 5.02 Å². The number of benzene rings is 1. The summed E-state index contributed by atoms with van der Waals surface area (Å²) in [6, 6.07) is 3.71. The zero-order valence-electron chi connectivity index (χ0n) is 10.8. The summed E-state index contributed by atoms with van der Waals surface area (Å²) >= 11 is 7.19. The maximum atomic E-state index is 11.6. The topological polar surface area (TPSA) is 82.3 Å². The summed E-state index contributed by atoms with van der Waals surface area (Å²) in [6.45, 7) is 1.86. The number of aromatic nitrogens is 1. The van der Waals surface area contributed by atoms with Crippen LogP contribution in [0.25, 0.3) is 6.08 Å². The van der Waals surface area contributed by atoms with Crippen LogP contribution >= 0.6 is 22.9 Å². The van der Waals surface area contributed by atoms with Gasteiger partial charge in [0.15, 0.2) is 0 Å². The maximum absolute atomic E-state index is 11.6. The highest BCUT2D eigenvalue weighted by molar-refractivity contribution is 7.09. The average molecular weight is 325 g/mol. The Hall–Kier alpha value is -2.25. The van der Waals surface area contributed by atoms with Gasteiger partial charge in [-0.05, 0) is 19.1 Å². The molecule has 0 bridgehead atoms. The van der Waals surface area contributed by atoms with Gasteiger partial charge in [0.05, 0.1) is 15.6 Å². The number of rotatable bonds is 4. The molecule has 0 amide bonds. The molecule has 0 aliphatic carbocycles. The van der Waals surface area contributed by atoms with E-state index in [0.717, 1.165) is 5.01 Å². The first-order valence-corrected chi connectivity index (χ1v) is 6.97. The number of thiazole rings is 1. The van der Waals surface area contributed by atoms with Crippen molar-refractivity contribution in [2.45, 2.75) is 6.92 Å². The fraction of sp³-hybridized carbons (Fsp3) is 0.0769.